The normalized spacial score (nSPS) is 10.1. The molecule has 0 aromatic heterocycles. The van der Waals surface area contributed by atoms with Crippen LogP contribution in [0.4, 0.5) is 0 Å². The zero-order chi connectivity index (χ0) is 14.8. The van der Waals surface area contributed by atoms with Crippen molar-refractivity contribution in [2.75, 3.05) is 6.61 Å². The Morgan fingerprint density at radius 2 is 1.60 bits per heavy atom. The van der Waals surface area contributed by atoms with Crippen LogP contribution >= 0.6 is 0 Å². The molecule has 4 heteroatoms. The van der Waals surface area contributed by atoms with E-state index >= 15 is 0 Å². The second-order valence-electron chi connectivity index (χ2n) is 4.48. The molecule has 108 valence electrons. The number of ketones is 2. The smallest absolute Gasteiger partial charge is 0.305 e. The Labute approximate surface area is 119 Å². The first-order valence-electron chi connectivity index (χ1n) is 6.93. The summed E-state index contributed by atoms with van der Waals surface area (Å²) in [7, 11) is 0. The molecule has 1 aromatic carbocycles. The number of hydrogen-bond acceptors (Lipinski definition) is 4. The van der Waals surface area contributed by atoms with Crippen LogP contribution in [0.15, 0.2) is 30.3 Å². The monoisotopic (exact) mass is 276 g/mol. The molecule has 0 aliphatic heterocycles. The first-order chi connectivity index (χ1) is 9.65. The molecule has 0 aliphatic carbocycles. The van der Waals surface area contributed by atoms with E-state index in [1.807, 2.05) is 0 Å². The topological polar surface area (TPSA) is 60.4 Å². The number of hydrogen-bond donors (Lipinski definition) is 0. The molecule has 1 rings (SSSR count). The van der Waals surface area contributed by atoms with Crippen LogP contribution in [0.1, 0.15) is 49.4 Å². The molecule has 0 bridgehead atoms. The van der Waals surface area contributed by atoms with Gasteiger partial charge in [-0.15, -0.1) is 0 Å². The quantitative estimate of drug-likeness (QED) is 0.301. The number of carbonyl (C=O) groups excluding carboxylic acids is 3. The maximum Gasteiger partial charge on any atom is 0.305 e. The minimum atomic E-state index is -0.434. The van der Waals surface area contributed by atoms with E-state index in [9.17, 15) is 14.4 Å². The van der Waals surface area contributed by atoms with Crippen LogP contribution in [0.2, 0.25) is 0 Å². The lowest BCUT2D eigenvalue weighted by Crippen LogP contribution is -2.13. The van der Waals surface area contributed by atoms with Gasteiger partial charge < -0.3 is 4.74 Å². The Kier molecular flexibility index (Phi) is 7.25. The van der Waals surface area contributed by atoms with E-state index in [2.05, 4.69) is 0 Å². The maximum atomic E-state index is 11.8. The summed E-state index contributed by atoms with van der Waals surface area (Å²) in [5.41, 5.74) is 0.434. The first kappa shape index (κ1) is 16.1. The van der Waals surface area contributed by atoms with Gasteiger partial charge in [0.1, 0.15) is 0 Å². The Bertz CT molecular complexity index is 451. The van der Waals surface area contributed by atoms with Gasteiger partial charge >= 0.3 is 5.97 Å². The van der Waals surface area contributed by atoms with Crippen molar-refractivity contribution >= 4 is 17.5 Å². The summed E-state index contributed by atoms with van der Waals surface area (Å²) in [5, 5.41) is 0. The summed E-state index contributed by atoms with van der Waals surface area (Å²) in [6, 6.07) is 8.55. The summed E-state index contributed by atoms with van der Waals surface area (Å²) >= 11 is 0. The van der Waals surface area contributed by atoms with Crippen molar-refractivity contribution in [2.24, 2.45) is 0 Å². The molecule has 0 heterocycles. The van der Waals surface area contributed by atoms with E-state index in [0.717, 1.165) is 6.42 Å². The zero-order valence-electron chi connectivity index (χ0n) is 11.8. The fourth-order valence-electron chi connectivity index (χ4n) is 1.83. The highest BCUT2D eigenvalue weighted by Gasteiger charge is 2.14. The molecule has 0 saturated carbocycles. The predicted octanol–water partition coefficient (Wildman–Crippen LogP) is 2.95. The summed E-state index contributed by atoms with van der Waals surface area (Å²) in [4.78, 5) is 34.6. The van der Waals surface area contributed by atoms with Crippen LogP contribution in [0.3, 0.4) is 0 Å². The lowest BCUT2D eigenvalue weighted by atomic mass is 10.0. The molecular weight excluding hydrogens is 256 g/mol. The summed E-state index contributed by atoms with van der Waals surface area (Å²) in [6.45, 7) is 2.16. The number of benzene rings is 1. The standard InChI is InChI=1S/C16H20O4/c1-2-20-15(18)12-8-4-7-11-14(17)16(19)13-9-5-3-6-10-13/h3,5-6,9-10H,2,4,7-8,11-12H2,1H3. The molecular formula is C16H20O4. The van der Waals surface area contributed by atoms with E-state index in [4.69, 9.17) is 4.74 Å². The largest absolute Gasteiger partial charge is 0.466 e. The Hall–Kier alpha value is -1.97. The molecule has 4 nitrogen and oxygen atoms in total. The minimum absolute atomic E-state index is 0.209. The van der Waals surface area contributed by atoms with E-state index < -0.39 is 5.78 Å². The first-order valence-corrected chi connectivity index (χ1v) is 6.93. The summed E-state index contributed by atoms with van der Waals surface area (Å²) < 4.78 is 4.81. The van der Waals surface area contributed by atoms with Gasteiger partial charge in [0.05, 0.1) is 6.61 Å². The van der Waals surface area contributed by atoms with Crippen molar-refractivity contribution in [3.8, 4) is 0 Å². The lowest BCUT2D eigenvalue weighted by Gasteiger charge is -2.02. The molecule has 0 fully saturated rings. The molecule has 0 spiro atoms. The van der Waals surface area contributed by atoms with Gasteiger partial charge in [0.15, 0.2) is 0 Å². The van der Waals surface area contributed by atoms with Gasteiger partial charge in [-0.1, -0.05) is 36.8 Å². The van der Waals surface area contributed by atoms with Crippen molar-refractivity contribution in [2.45, 2.75) is 39.0 Å². The maximum absolute atomic E-state index is 11.8. The van der Waals surface area contributed by atoms with E-state index in [1.54, 1.807) is 37.3 Å². The second-order valence-corrected chi connectivity index (χ2v) is 4.48. The molecule has 0 unspecified atom stereocenters. The van der Waals surface area contributed by atoms with Gasteiger partial charge in [0.2, 0.25) is 11.6 Å². The third-order valence-corrected chi connectivity index (χ3v) is 2.88. The number of rotatable bonds is 9. The van der Waals surface area contributed by atoms with Gasteiger partial charge in [-0.25, -0.2) is 0 Å². The third kappa shape index (κ3) is 5.78. The summed E-state index contributed by atoms with van der Waals surface area (Å²) in [6.07, 6.45) is 2.65. The Morgan fingerprint density at radius 3 is 2.25 bits per heavy atom. The SMILES string of the molecule is CCOC(=O)CCCCCC(=O)C(=O)c1ccccc1. The van der Waals surface area contributed by atoms with Gasteiger partial charge in [-0.2, -0.15) is 0 Å². The predicted molar refractivity (Wildman–Crippen MR) is 75.5 cm³/mol. The van der Waals surface area contributed by atoms with Crippen LogP contribution in [0.5, 0.6) is 0 Å². The van der Waals surface area contributed by atoms with Gasteiger partial charge in [0.25, 0.3) is 0 Å². The lowest BCUT2D eigenvalue weighted by molar-refractivity contribution is -0.143. The molecule has 0 aliphatic rings. The molecule has 0 amide bonds. The van der Waals surface area contributed by atoms with Crippen LogP contribution in [-0.4, -0.2) is 24.1 Å². The average molecular weight is 276 g/mol. The molecule has 1 aromatic rings. The molecule has 20 heavy (non-hydrogen) atoms. The highest BCUT2D eigenvalue weighted by atomic mass is 16.5. The van der Waals surface area contributed by atoms with E-state index in [-0.39, 0.29) is 18.2 Å². The number of Topliss-reactive ketones (excluding diaryl/α,β-unsaturated/α-hetero) is 2. The van der Waals surface area contributed by atoms with Crippen molar-refractivity contribution < 1.29 is 19.1 Å². The number of carbonyl (C=O) groups is 3. The van der Waals surface area contributed by atoms with Gasteiger partial charge in [-0.05, 0) is 19.8 Å². The van der Waals surface area contributed by atoms with Crippen molar-refractivity contribution in [3.05, 3.63) is 35.9 Å². The highest BCUT2D eigenvalue weighted by molar-refractivity contribution is 6.43. The van der Waals surface area contributed by atoms with Gasteiger partial charge in [0, 0.05) is 18.4 Å². The number of esters is 1. The second kappa shape index (κ2) is 9.02. The average Bonchev–Trinajstić information content (AvgIpc) is 2.47. The van der Waals surface area contributed by atoms with E-state index in [0.29, 0.717) is 31.4 Å². The zero-order valence-corrected chi connectivity index (χ0v) is 11.8. The Morgan fingerprint density at radius 1 is 0.950 bits per heavy atom. The van der Waals surface area contributed by atoms with Crippen LogP contribution in [0, 0.1) is 0 Å². The van der Waals surface area contributed by atoms with Crippen LogP contribution < -0.4 is 0 Å². The number of ether oxygens (including phenoxy) is 1. The Balaban J connectivity index is 2.21. The van der Waals surface area contributed by atoms with Crippen molar-refractivity contribution in [1.29, 1.82) is 0 Å². The molecule has 0 radical (unpaired) electrons. The minimum Gasteiger partial charge on any atom is -0.466 e. The van der Waals surface area contributed by atoms with Crippen LogP contribution in [-0.2, 0) is 14.3 Å². The fraction of sp³-hybridized carbons (Fsp3) is 0.438. The van der Waals surface area contributed by atoms with Crippen molar-refractivity contribution in [3.63, 3.8) is 0 Å². The van der Waals surface area contributed by atoms with Crippen molar-refractivity contribution in [1.82, 2.24) is 0 Å². The fourth-order valence-corrected chi connectivity index (χ4v) is 1.83. The van der Waals surface area contributed by atoms with Crippen LogP contribution in [0.25, 0.3) is 0 Å². The van der Waals surface area contributed by atoms with Gasteiger partial charge in [-0.3, -0.25) is 14.4 Å². The third-order valence-electron chi connectivity index (χ3n) is 2.88. The summed E-state index contributed by atoms with van der Waals surface area (Å²) in [5.74, 6) is -1.01. The molecule has 0 saturated heterocycles. The number of unbranched alkanes of at least 4 members (excludes halogenated alkanes) is 2. The molecule has 0 atom stereocenters. The highest BCUT2D eigenvalue weighted by Crippen LogP contribution is 2.08. The van der Waals surface area contributed by atoms with E-state index in [1.165, 1.54) is 0 Å². The molecule has 0 N–H and O–H groups in total.